The SMILES string of the molecule is COc1cc(OC)c2c(c1)-c1sc(NC(C)=O)c(C(N)=O)c1CC2. The molecule has 2 aromatic rings. The van der Waals surface area contributed by atoms with Gasteiger partial charge in [-0.15, -0.1) is 11.3 Å². The van der Waals surface area contributed by atoms with Crippen molar-refractivity contribution < 1.29 is 19.1 Å². The molecule has 1 aliphatic rings. The molecule has 0 saturated carbocycles. The third kappa shape index (κ3) is 2.60. The molecule has 7 heteroatoms. The van der Waals surface area contributed by atoms with Gasteiger partial charge in [-0.3, -0.25) is 9.59 Å². The van der Waals surface area contributed by atoms with Crippen LogP contribution < -0.4 is 20.5 Å². The molecule has 1 aromatic heterocycles. The van der Waals surface area contributed by atoms with Gasteiger partial charge in [-0.2, -0.15) is 0 Å². The predicted octanol–water partition coefficient (Wildman–Crippen LogP) is 2.59. The Morgan fingerprint density at radius 1 is 1.17 bits per heavy atom. The first-order valence-corrected chi connectivity index (χ1v) is 8.26. The molecule has 24 heavy (non-hydrogen) atoms. The van der Waals surface area contributed by atoms with Crippen LogP contribution in [0.4, 0.5) is 5.00 Å². The van der Waals surface area contributed by atoms with E-state index in [4.69, 9.17) is 15.2 Å². The van der Waals surface area contributed by atoms with Crippen molar-refractivity contribution in [3.05, 3.63) is 28.8 Å². The molecule has 0 saturated heterocycles. The second-order valence-electron chi connectivity index (χ2n) is 5.52. The van der Waals surface area contributed by atoms with E-state index in [0.717, 1.165) is 33.7 Å². The largest absolute Gasteiger partial charge is 0.497 e. The number of carbonyl (C=O) groups is 2. The number of rotatable bonds is 4. The number of nitrogens with two attached hydrogens (primary N) is 1. The fourth-order valence-corrected chi connectivity index (χ4v) is 4.40. The van der Waals surface area contributed by atoms with Crippen LogP contribution in [0.2, 0.25) is 0 Å². The Balaban J connectivity index is 2.25. The van der Waals surface area contributed by atoms with Crippen molar-refractivity contribution in [1.29, 1.82) is 0 Å². The van der Waals surface area contributed by atoms with Crippen molar-refractivity contribution in [3.8, 4) is 21.9 Å². The first-order valence-electron chi connectivity index (χ1n) is 7.44. The number of amides is 2. The first-order chi connectivity index (χ1) is 11.5. The number of thiophene rings is 1. The van der Waals surface area contributed by atoms with Crippen molar-refractivity contribution in [2.24, 2.45) is 5.73 Å². The van der Waals surface area contributed by atoms with Crippen molar-refractivity contribution >= 4 is 28.2 Å². The van der Waals surface area contributed by atoms with Crippen molar-refractivity contribution in [2.45, 2.75) is 19.8 Å². The number of anilines is 1. The Kier molecular flexibility index (Phi) is 4.19. The zero-order valence-corrected chi connectivity index (χ0v) is 14.5. The summed E-state index contributed by atoms with van der Waals surface area (Å²) in [7, 11) is 3.22. The number of fused-ring (bicyclic) bond motifs is 3. The number of primary amides is 1. The lowest BCUT2D eigenvalue weighted by molar-refractivity contribution is -0.114. The van der Waals surface area contributed by atoms with E-state index in [-0.39, 0.29) is 5.91 Å². The summed E-state index contributed by atoms with van der Waals surface area (Å²) in [4.78, 5) is 24.3. The molecular formula is C17H18N2O4S. The third-order valence-electron chi connectivity index (χ3n) is 4.05. The van der Waals surface area contributed by atoms with Gasteiger partial charge in [-0.25, -0.2) is 0 Å². The molecule has 126 valence electrons. The monoisotopic (exact) mass is 346 g/mol. The second kappa shape index (κ2) is 6.16. The summed E-state index contributed by atoms with van der Waals surface area (Å²) >= 11 is 1.36. The average molecular weight is 346 g/mol. The average Bonchev–Trinajstić information content (AvgIpc) is 2.91. The lowest BCUT2D eigenvalue weighted by Crippen LogP contribution is -2.17. The molecule has 0 unspecified atom stereocenters. The fraction of sp³-hybridized carbons (Fsp3) is 0.294. The normalized spacial score (nSPS) is 12.1. The van der Waals surface area contributed by atoms with E-state index < -0.39 is 5.91 Å². The van der Waals surface area contributed by atoms with E-state index >= 15 is 0 Å². The summed E-state index contributed by atoms with van der Waals surface area (Å²) in [6, 6.07) is 3.77. The van der Waals surface area contributed by atoms with Gasteiger partial charge in [0.15, 0.2) is 0 Å². The summed E-state index contributed by atoms with van der Waals surface area (Å²) in [6.07, 6.45) is 1.39. The van der Waals surface area contributed by atoms with Gasteiger partial charge in [0.2, 0.25) is 5.91 Å². The highest BCUT2D eigenvalue weighted by Gasteiger charge is 2.29. The summed E-state index contributed by atoms with van der Waals surface area (Å²) in [5, 5.41) is 3.21. The lowest BCUT2D eigenvalue weighted by Gasteiger charge is -2.20. The van der Waals surface area contributed by atoms with E-state index in [1.165, 1.54) is 18.3 Å². The smallest absolute Gasteiger partial charge is 0.252 e. The topological polar surface area (TPSA) is 90.7 Å². The molecule has 0 atom stereocenters. The third-order valence-corrected chi connectivity index (χ3v) is 5.23. The van der Waals surface area contributed by atoms with E-state index in [0.29, 0.717) is 22.7 Å². The van der Waals surface area contributed by atoms with Crippen LogP contribution >= 0.6 is 11.3 Å². The minimum absolute atomic E-state index is 0.237. The number of hydrogen-bond acceptors (Lipinski definition) is 5. The van der Waals surface area contributed by atoms with Crippen molar-refractivity contribution in [1.82, 2.24) is 0 Å². The van der Waals surface area contributed by atoms with Gasteiger partial charge in [-0.05, 0) is 24.5 Å². The summed E-state index contributed by atoms with van der Waals surface area (Å²) < 4.78 is 10.8. The predicted molar refractivity (Wildman–Crippen MR) is 93.1 cm³/mol. The number of nitrogens with one attached hydrogen (secondary N) is 1. The number of ether oxygens (including phenoxy) is 2. The van der Waals surface area contributed by atoms with Crippen LogP contribution in [0.25, 0.3) is 10.4 Å². The highest BCUT2D eigenvalue weighted by molar-refractivity contribution is 7.20. The maximum atomic E-state index is 11.9. The van der Waals surface area contributed by atoms with Gasteiger partial charge in [0.1, 0.15) is 16.5 Å². The number of benzene rings is 1. The number of hydrogen-bond donors (Lipinski definition) is 2. The maximum Gasteiger partial charge on any atom is 0.252 e. The van der Waals surface area contributed by atoms with Crippen molar-refractivity contribution in [3.63, 3.8) is 0 Å². The van der Waals surface area contributed by atoms with Gasteiger partial charge in [-0.1, -0.05) is 0 Å². The minimum atomic E-state index is -0.533. The Morgan fingerprint density at radius 3 is 2.46 bits per heavy atom. The minimum Gasteiger partial charge on any atom is -0.497 e. The molecule has 1 heterocycles. The quantitative estimate of drug-likeness (QED) is 0.890. The zero-order valence-electron chi connectivity index (χ0n) is 13.7. The van der Waals surface area contributed by atoms with E-state index in [1.54, 1.807) is 14.2 Å². The van der Waals surface area contributed by atoms with Crippen LogP contribution in [0.1, 0.15) is 28.4 Å². The van der Waals surface area contributed by atoms with Gasteiger partial charge in [0, 0.05) is 29.0 Å². The van der Waals surface area contributed by atoms with Gasteiger partial charge in [0.05, 0.1) is 19.8 Å². The van der Waals surface area contributed by atoms with Gasteiger partial charge >= 0.3 is 0 Å². The molecule has 0 fully saturated rings. The maximum absolute atomic E-state index is 11.9. The first kappa shape index (κ1) is 16.3. The van der Waals surface area contributed by atoms with E-state index in [9.17, 15) is 9.59 Å². The molecule has 3 N–H and O–H groups in total. The standard InChI is InChI=1S/C17H18N2O4S/c1-8(20)19-17-14(16(18)21)11-5-4-10-12(15(11)24-17)6-9(22-2)7-13(10)23-3/h6-7H,4-5H2,1-3H3,(H2,18,21)(H,19,20). The molecule has 0 aliphatic heterocycles. The lowest BCUT2D eigenvalue weighted by atomic mass is 9.88. The van der Waals surface area contributed by atoms with E-state index in [1.807, 2.05) is 12.1 Å². The molecule has 3 rings (SSSR count). The highest BCUT2D eigenvalue weighted by Crippen LogP contribution is 2.48. The summed E-state index contributed by atoms with van der Waals surface area (Å²) in [6.45, 7) is 1.41. The molecule has 0 spiro atoms. The molecule has 1 aromatic carbocycles. The van der Waals surface area contributed by atoms with Gasteiger partial charge < -0.3 is 20.5 Å². The number of methoxy groups -OCH3 is 2. The highest BCUT2D eigenvalue weighted by atomic mass is 32.1. The second-order valence-corrected chi connectivity index (χ2v) is 6.54. The molecule has 0 radical (unpaired) electrons. The van der Waals surface area contributed by atoms with Crippen LogP contribution in [0.3, 0.4) is 0 Å². The van der Waals surface area contributed by atoms with Crippen LogP contribution in [0.15, 0.2) is 12.1 Å². The van der Waals surface area contributed by atoms with Crippen LogP contribution in [0, 0.1) is 0 Å². The van der Waals surface area contributed by atoms with Crippen LogP contribution in [-0.4, -0.2) is 26.0 Å². The van der Waals surface area contributed by atoms with Crippen molar-refractivity contribution in [2.75, 3.05) is 19.5 Å². The van der Waals surface area contributed by atoms with Gasteiger partial charge in [0.25, 0.3) is 5.91 Å². The van der Waals surface area contributed by atoms with E-state index in [2.05, 4.69) is 5.32 Å². The molecule has 1 aliphatic carbocycles. The van der Waals surface area contributed by atoms with Crippen LogP contribution in [-0.2, 0) is 17.6 Å². The molecule has 2 amide bonds. The molecule has 6 nitrogen and oxygen atoms in total. The number of carbonyl (C=O) groups excluding carboxylic acids is 2. The Morgan fingerprint density at radius 2 is 1.88 bits per heavy atom. The fourth-order valence-electron chi connectivity index (χ4n) is 3.06. The molecule has 0 bridgehead atoms. The Hall–Kier alpha value is -2.54. The summed E-state index contributed by atoms with van der Waals surface area (Å²) in [5.74, 6) is 0.660. The zero-order chi connectivity index (χ0) is 17.4. The Bertz CT molecular complexity index is 842. The van der Waals surface area contributed by atoms with Crippen LogP contribution in [0.5, 0.6) is 11.5 Å². The molecular weight excluding hydrogens is 328 g/mol. The Labute approximate surface area is 143 Å². The summed E-state index contributed by atoms with van der Waals surface area (Å²) in [5.41, 5.74) is 8.85.